The summed E-state index contributed by atoms with van der Waals surface area (Å²) in [5, 5.41) is 34.4. The summed E-state index contributed by atoms with van der Waals surface area (Å²) in [6.07, 6.45) is -7.58. The van der Waals surface area contributed by atoms with Gasteiger partial charge in [-0.15, -0.1) is 0 Å². The molecule has 0 aromatic heterocycles. The number of esters is 1. The molecule has 62 heavy (non-hydrogen) atoms. The molecule has 3 N–H and O–H groups in total. The fraction of sp³-hybridized carbons (Fsp3) is 0.933. The van der Waals surface area contributed by atoms with E-state index >= 15 is 0 Å². The molecular weight excluding hydrogens is 807 g/mol. The molecule has 0 aliphatic carbocycles. The molecule has 5 heterocycles. The van der Waals surface area contributed by atoms with Gasteiger partial charge in [-0.2, -0.15) is 0 Å². The predicted molar refractivity (Wildman–Crippen MR) is 228 cm³/mol. The number of nitrogens with zero attached hydrogens (tertiary/aromatic N) is 3. The number of amidine groups is 1. The third-order valence-corrected chi connectivity index (χ3v) is 14.6. The van der Waals surface area contributed by atoms with Crippen molar-refractivity contribution in [3.63, 3.8) is 0 Å². The van der Waals surface area contributed by atoms with Crippen molar-refractivity contribution in [3.8, 4) is 0 Å². The average molecular weight is 886 g/mol. The summed E-state index contributed by atoms with van der Waals surface area (Å²) in [4.78, 5) is 37.8. The molecule has 5 saturated heterocycles. The van der Waals surface area contributed by atoms with E-state index in [1.165, 1.54) is 14.0 Å². The molecule has 17 nitrogen and oxygen atoms in total. The first kappa shape index (κ1) is 51.0. The molecule has 18 atom stereocenters. The maximum Gasteiger partial charge on any atom is 0.311 e. The van der Waals surface area contributed by atoms with E-state index in [9.17, 15) is 24.9 Å². The lowest BCUT2D eigenvalue weighted by Gasteiger charge is -2.49. The average Bonchev–Trinajstić information content (AvgIpc) is 3.55. The minimum absolute atomic E-state index is 0.0337. The van der Waals surface area contributed by atoms with Crippen LogP contribution in [0.15, 0.2) is 4.99 Å². The number of Topliss-reactive ketones (excluding diaryl/α,β-unsaturated/α-hetero) is 1. The van der Waals surface area contributed by atoms with Crippen LogP contribution in [0, 0.1) is 23.7 Å². The SMILES string of the molecule is CC[C@H]1OC(=O)[C@H](C)[C@@H](O[C@H]2C[C@@](C)(OC)[C@@H](O)[C@H](C)O2)[C@H](C)[C@@H](O[C@@H]2O[C@H](C)C[C@H]3[C@H]2OC(=NCCN2CCOCC2)N3C)[C@](C)(OC)C[C@@H](C)C(=O)C[C@H](C)[C@@H](O)[C@]1(C)O. The van der Waals surface area contributed by atoms with E-state index in [1.54, 1.807) is 41.7 Å². The second-order valence-corrected chi connectivity index (χ2v) is 19.4. The highest BCUT2D eigenvalue weighted by Gasteiger charge is 2.55. The highest BCUT2D eigenvalue weighted by Crippen LogP contribution is 2.42. The second kappa shape index (κ2) is 21.1. The fourth-order valence-corrected chi connectivity index (χ4v) is 10.3. The van der Waals surface area contributed by atoms with Crippen LogP contribution in [0.2, 0.25) is 0 Å². The van der Waals surface area contributed by atoms with Gasteiger partial charge in [-0.1, -0.05) is 27.7 Å². The van der Waals surface area contributed by atoms with Gasteiger partial charge in [0.1, 0.15) is 23.6 Å². The number of carbonyl (C=O) groups excluding carboxylic acids is 2. The molecule has 0 spiro atoms. The minimum atomic E-state index is -1.88. The number of ketones is 1. The summed E-state index contributed by atoms with van der Waals surface area (Å²) in [6.45, 7) is 22.2. The molecule has 0 unspecified atom stereocenters. The summed E-state index contributed by atoms with van der Waals surface area (Å²) < 4.78 is 57.4. The molecule has 17 heteroatoms. The van der Waals surface area contributed by atoms with Crippen LogP contribution in [0.5, 0.6) is 0 Å². The number of cyclic esters (lactones) is 1. The Balaban J connectivity index is 1.56. The lowest BCUT2D eigenvalue weighted by molar-refractivity contribution is -0.315. The second-order valence-electron chi connectivity index (χ2n) is 19.4. The first-order valence-corrected chi connectivity index (χ1v) is 22.9. The van der Waals surface area contributed by atoms with E-state index in [0.717, 1.165) is 19.6 Å². The largest absolute Gasteiger partial charge is 0.459 e. The van der Waals surface area contributed by atoms with Crippen molar-refractivity contribution in [2.75, 3.05) is 60.7 Å². The maximum absolute atomic E-state index is 14.5. The molecule has 358 valence electrons. The van der Waals surface area contributed by atoms with Gasteiger partial charge >= 0.3 is 5.97 Å². The number of fused-ring (bicyclic) bond motifs is 1. The summed E-state index contributed by atoms with van der Waals surface area (Å²) in [5.74, 6) is -3.75. The Bertz CT molecular complexity index is 1520. The van der Waals surface area contributed by atoms with Gasteiger partial charge in [-0.05, 0) is 66.7 Å². The zero-order valence-corrected chi connectivity index (χ0v) is 39.6. The monoisotopic (exact) mass is 886 g/mol. The number of aliphatic imine (C=N–C) groups is 1. The molecule has 5 fully saturated rings. The number of aliphatic hydroxyl groups excluding tert-OH is 2. The smallest absolute Gasteiger partial charge is 0.311 e. The number of likely N-dealkylation sites (N-methyl/N-ethyl adjacent to an activating group) is 1. The topological polar surface area (TPSA) is 197 Å². The lowest BCUT2D eigenvalue weighted by atomic mass is 9.76. The van der Waals surface area contributed by atoms with E-state index < -0.39 is 102 Å². The normalized spacial score (nSPS) is 46.4. The number of morpholine rings is 1. The maximum atomic E-state index is 14.5. The van der Waals surface area contributed by atoms with Gasteiger partial charge in [0.2, 0.25) is 0 Å². The van der Waals surface area contributed by atoms with Gasteiger partial charge in [0.25, 0.3) is 6.02 Å². The van der Waals surface area contributed by atoms with Crippen LogP contribution in [-0.4, -0.2) is 188 Å². The first-order chi connectivity index (χ1) is 29.1. The molecule has 0 bridgehead atoms. The summed E-state index contributed by atoms with van der Waals surface area (Å²) in [6, 6.07) is 0.381. The van der Waals surface area contributed by atoms with Crippen molar-refractivity contribution < 1.29 is 67.5 Å². The Labute approximate surface area is 369 Å². The number of aliphatic hydroxyl groups is 3. The van der Waals surface area contributed by atoms with E-state index in [0.29, 0.717) is 32.2 Å². The van der Waals surface area contributed by atoms with Crippen LogP contribution < -0.4 is 0 Å². The van der Waals surface area contributed by atoms with E-state index in [1.807, 2.05) is 34.7 Å². The van der Waals surface area contributed by atoms with Crippen LogP contribution >= 0.6 is 0 Å². The Morgan fingerprint density at radius 2 is 1.55 bits per heavy atom. The zero-order chi connectivity index (χ0) is 45.9. The van der Waals surface area contributed by atoms with Crippen molar-refractivity contribution in [1.82, 2.24) is 9.80 Å². The first-order valence-electron chi connectivity index (χ1n) is 22.9. The highest BCUT2D eigenvalue weighted by atomic mass is 16.7. The molecule has 0 aromatic carbocycles. The van der Waals surface area contributed by atoms with Crippen LogP contribution in [0.25, 0.3) is 0 Å². The third-order valence-electron chi connectivity index (χ3n) is 14.6. The van der Waals surface area contributed by atoms with Crippen molar-refractivity contribution in [3.05, 3.63) is 0 Å². The molecule has 5 aliphatic heterocycles. The minimum Gasteiger partial charge on any atom is -0.459 e. The number of hydrogen-bond donors (Lipinski definition) is 3. The molecular formula is C45H79N3O14. The molecule has 5 rings (SSSR count). The van der Waals surface area contributed by atoms with Crippen molar-refractivity contribution in [2.24, 2.45) is 28.7 Å². The van der Waals surface area contributed by atoms with Gasteiger partial charge in [0, 0.05) is 65.6 Å². The van der Waals surface area contributed by atoms with Crippen LogP contribution in [0.1, 0.15) is 101 Å². The number of rotatable bonds is 10. The molecule has 5 aliphatic rings. The van der Waals surface area contributed by atoms with Gasteiger partial charge in [-0.3, -0.25) is 14.5 Å². The fourth-order valence-electron chi connectivity index (χ4n) is 10.3. The highest BCUT2D eigenvalue weighted by molar-refractivity contribution is 5.81. The van der Waals surface area contributed by atoms with Crippen LogP contribution in [-0.2, 0) is 52.2 Å². The number of ether oxygens (including phenoxy) is 9. The summed E-state index contributed by atoms with van der Waals surface area (Å²) >= 11 is 0. The Hall–Kier alpha value is -2.03. The zero-order valence-electron chi connectivity index (χ0n) is 39.6. The predicted octanol–water partition coefficient (Wildman–Crippen LogP) is 2.93. The number of carbonyl (C=O) groups is 2. The summed E-state index contributed by atoms with van der Waals surface area (Å²) in [5.41, 5.74) is -4.11. The molecule has 0 radical (unpaired) electrons. The van der Waals surface area contributed by atoms with E-state index in [2.05, 4.69) is 9.80 Å². The van der Waals surface area contributed by atoms with Crippen molar-refractivity contribution in [1.29, 1.82) is 0 Å². The summed E-state index contributed by atoms with van der Waals surface area (Å²) in [7, 11) is 5.06. The molecule has 0 saturated carbocycles. The van der Waals surface area contributed by atoms with E-state index in [4.69, 9.17) is 47.6 Å². The third kappa shape index (κ3) is 11.1. The quantitative estimate of drug-likeness (QED) is 0.271. The van der Waals surface area contributed by atoms with Crippen LogP contribution in [0.3, 0.4) is 0 Å². The standard InChI is InChI=1S/C45H79N3O14/c1-14-33-45(10,53)37(50)25(2)21-32(49)26(3)23-44(9,55-13)39(28(5)35(29(6)40(52)59-33)60-34-24-43(8,54-12)38(51)30(7)58-34)62-41-36-31(22-27(4)57-41)47(11)42(61-36)46-15-16-48-17-19-56-20-18-48/h25-31,33-39,41,50-51,53H,14-24H2,1-13H3/t25-,26+,27+,28-,29+,30-,31-,33+,34-,35-,36+,37+,38-,39+,41-,43+,44+,45+/m0/s1. The van der Waals surface area contributed by atoms with Gasteiger partial charge < -0.3 is 62.9 Å². The number of methoxy groups -OCH3 is 2. The Morgan fingerprint density at radius 1 is 0.887 bits per heavy atom. The van der Waals surface area contributed by atoms with Gasteiger partial charge in [-0.25, -0.2) is 4.99 Å². The van der Waals surface area contributed by atoms with Crippen LogP contribution in [0.4, 0.5) is 0 Å². The van der Waals surface area contributed by atoms with Gasteiger partial charge in [0.15, 0.2) is 18.7 Å². The van der Waals surface area contributed by atoms with Crippen molar-refractivity contribution in [2.45, 2.75) is 186 Å². The Morgan fingerprint density at radius 3 is 2.18 bits per heavy atom. The lowest BCUT2D eigenvalue weighted by Crippen LogP contribution is -2.60. The molecule has 0 aromatic rings. The number of hydrogen-bond acceptors (Lipinski definition) is 16. The van der Waals surface area contributed by atoms with Gasteiger partial charge in [0.05, 0.1) is 73.4 Å². The Kier molecular flexibility index (Phi) is 17.3. The van der Waals surface area contributed by atoms with E-state index in [-0.39, 0.29) is 43.6 Å². The molecule has 0 amide bonds. The van der Waals surface area contributed by atoms with Crippen molar-refractivity contribution >= 4 is 17.8 Å².